The fraction of sp³-hybridized carbons (Fsp3) is 0.625. The van der Waals surface area contributed by atoms with Crippen LogP contribution in [0.2, 0.25) is 0 Å². The van der Waals surface area contributed by atoms with E-state index in [-0.39, 0.29) is 34.0 Å². The van der Waals surface area contributed by atoms with Gasteiger partial charge in [-0.05, 0) is 47.9 Å². The first-order valence-electron chi connectivity index (χ1n) is 13.6. The Balaban J connectivity index is 2.90. The zero-order chi connectivity index (χ0) is 28.8. The van der Waals surface area contributed by atoms with Crippen molar-refractivity contribution in [3.05, 3.63) is 47.5 Å². The maximum atomic E-state index is 15.3. The molecule has 0 amide bonds. The van der Waals surface area contributed by atoms with E-state index in [0.717, 1.165) is 24.0 Å². The lowest BCUT2D eigenvalue weighted by Crippen LogP contribution is -2.21. The minimum absolute atomic E-state index is 0.0533. The van der Waals surface area contributed by atoms with Crippen LogP contribution in [0.15, 0.2) is 36.4 Å². The number of methoxy groups -OCH3 is 4. The van der Waals surface area contributed by atoms with Gasteiger partial charge in [0.25, 0.3) is 0 Å². The van der Waals surface area contributed by atoms with Gasteiger partial charge in [-0.3, -0.25) is 0 Å². The van der Waals surface area contributed by atoms with Crippen LogP contribution in [0.25, 0.3) is 0 Å². The van der Waals surface area contributed by atoms with Crippen LogP contribution in [0.5, 0.6) is 23.0 Å². The molecule has 0 aromatic heterocycles. The van der Waals surface area contributed by atoms with Crippen molar-refractivity contribution in [2.75, 3.05) is 28.4 Å². The van der Waals surface area contributed by atoms with Crippen LogP contribution in [0.3, 0.4) is 0 Å². The van der Waals surface area contributed by atoms with Crippen LogP contribution in [0.1, 0.15) is 90.7 Å². The van der Waals surface area contributed by atoms with Crippen molar-refractivity contribution in [2.45, 2.75) is 79.5 Å². The van der Waals surface area contributed by atoms with Gasteiger partial charge in [-0.2, -0.15) is 0 Å². The molecule has 0 aliphatic rings. The SMILES string of the molecule is COc1cccc(OC)c1C(C(C)CC(C)(C)C)[P+](=O)C(c1c(OC)cccc1OC)C(C)CC(C)(C)C. The minimum atomic E-state index is -1.90. The summed E-state index contributed by atoms with van der Waals surface area (Å²) in [5.41, 5.74) is 1.24. The van der Waals surface area contributed by atoms with Gasteiger partial charge in [0.1, 0.15) is 23.0 Å². The molecule has 4 unspecified atom stereocenters. The molecule has 0 aliphatic heterocycles. The van der Waals surface area contributed by atoms with Gasteiger partial charge in [0, 0.05) is 11.8 Å². The molecule has 0 bridgehead atoms. The Morgan fingerprint density at radius 2 is 0.868 bits per heavy atom. The lowest BCUT2D eigenvalue weighted by molar-refractivity contribution is 0.283. The van der Waals surface area contributed by atoms with E-state index < -0.39 is 7.80 Å². The molecular formula is C32H50O5P+. The topological polar surface area (TPSA) is 54.0 Å². The summed E-state index contributed by atoms with van der Waals surface area (Å²) < 4.78 is 38.7. The first-order chi connectivity index (χ1) is 17.7. The summed E-state index contributed by atoms with van der Waals surface area (Å²) in [6, 6.07) is 11.6. The zero-order valence-corrected chi connectivity index (χ0v) is 26.6. The molecular weight excluding hydrogens is 495 g/mol. The smallest absolute Gasteiger partial charge is 0.355 e. The monoisotopic (exact) mass is 545 g/mol. The van der Waals surface area contributed by atoms with Crippen molar-refractivity contribution in [2.24, 2.45) is 22.7 Å². The van der Waals surface area contributed by atoms with E-state index >= 15 is 4.57 Å². The van der Waals surface area contributed by atoms with Crippen LogP contribution in [-0.2, 0) is 4.57 Å². The average Bonchev–Trinajstić information content (AvgIpc) is 2.82. The molecule has 0 radical (unpaired) electrons. The molecule has 2 aromatic rings. The Morgan fingerprint density at radius 1 is 0.605 bits per heavy atom. The molecule has 0 N–H and O–H groups in total. The predicted octanol–water partition coefficient (Wildman–Crippen LogP) is 9.48. The maximum absolute atomic E-state index is 15.3. The van der Waals surface area contributed by atoms with Crippen molar-refractivity contribution in [3.8, 4) is 23.0 Å². The summed E-state index contributed by atoms with van der Waals surface area (Å²) in [6.45, 7) is 17.8. The zero-order valence-electron chi connectivity index (χ0n) is 25.7. The van der Waals surface area contributed by atoms with E-state index in [1.54, 1.807) is 28.4 Å². The highest BCUT2D eigenvalue weighted by Gasteiger charge is 2.51. The molecule has 0 saturated heterocycles. The van der Waals surface area contributed by atoms with Crippen LogP contribution >= 0.6 is 7.80 Å². The Labute approximate surface area is 232 Å². The number of hydrogen-bond acceptors (Lipinski definition) is 5. The van der Waals surface area contributed by atoms with E-state index in [0.29, 0.717) is 23.0 Å². The number of ether oxygens (including phenoxy) is 4. The largest absolute Gasteiger partial charge is 0.496 e. The molecule has 0 spiro atoms. The summed E-state index contributed by atoms with van der Waals surface area (Å²) in [6.07, 6.45) is 1.78. The molecule has 212 valence electrons. The van der Waals surface area contributed by atoms with Gasteiger partial charge in [-0.25, -0.2) is 0 Å². The highest BCUT2D eigenvalue weighted by Crippen LogP contribution is 2.65. The summed E-state index contributed by atoms with van der Waals surface area (Å²) in [7, 11) is 4.76. The van der Waals surface area contributed by atoms with Gasteiger partial charge in [0.15, 0.2) is 11.3 Å². The van der Waals surface area contributed by atoms with E-state index in [2.05, 4.69) is 55.4 Å². The van der Waals surface area contributed by atoms with Crippen molar-refractivity contribution in [3.63, 3.8) is 0 Å². The summed E-state index contributed by atoms with van der Waals surface area (Å²) in [5, 5.41) is 0. The standard InChI is InChI=1S/C32H50O5P/c1-21(19-31(3,4)5)29(27-23(34-9)15-13-16-24(27)35-10)38(33)30(22(2)20-32(6,7)8)28-25(36-11)17-14-18-26(28)37-12/h13-18,21-22,29-30H,19-20H2,1-12H3/q+1. The highest BCUT2D eigenvalue weighted by atomic mass is 31.1. The fourth-order valence-corrected chi connectivity index (χ4v) is 8.57. The van der Waals surface area contributed by atoms with E-state index in [1.807, 2.05) is 36.4 Å². The van der Waals surface area contributed by atoms with Gasteiger partial charge in [-0.15, -0.1) is 0 Å². The summed E-state index contributed by atoms with van der Waals surface area (Å²) in [5.74, 6) is 2.99. The normalized spacial score (nSPS) is 15.7. The maximum Gasteiger partial charge on any atom is 0.355 e. The lowest BCUT2D eigenvalue weighted by atomic mass is 9.82. The van der Waals surface area contributed by atoms with E-state index in [1.165, 1.54) is 0 Å². The molecule has 0 heterocycles. The number of benzene rings is 2. The molecule has 38 heavy (non-hydrogen) atoms. The van der Waals surface area contributed by atoms with Crippen molar-refractivity contribution >= 4 is 7.80 Å². The second kappa shape index (κ2) is 13.2. The van der Waals surface area contributed by atoms with Crippen molar-refractivity contribution < 1.29 is 23.5 Å². The third kappa shape index (κ3) is 7.88. The lowest BCUT2D eigenvalue weighted by Gasteiger charge is -2.31. The number of rotatable bonds is 12. The molecule has 2 aromatic carbocycles. The Kier molecular flexibility index (Phi) is 11.1. The molecule has 6 heteroatoms. The number of hydrogen-bond donors (Lipinski definition) is 0. The van der Waals surface area contributed by atoms with E-state index in [9.17, 15) is 0 Å². The second-order valence-corrected chi connectivity index (χ2v) is 14.7. The Bertz CT molecular complexity index is 938. The van der Waals surface area contributed by atoms with Crippen molar-refractivity contribution in [1.82, 2.24) is 0 Å². The molecule has 5 nitrogen and oxygen atoms in total. The third-order valence-electron chi connectivity index (χ3n) is 7.02. The predicted molar refractivity (Wildman–Crippen MR) is 159 cm³/mol. The van der Waals surface area contributed by atoms with Gasteiger partial charge >= 0.3 is 7.80 Å². The van der Waals surface area contributed by atoms with E-state index in [4.69, 9.17) is 18.9 Å². The molecule has 0 aliphatic carbocycles. The Hall–Kier alpha value is -2.26. The van der Waals surface area contributed by atoms with Crippen LogP contribution < -0.4 is 18.9 Å². The summed E-state index contributed by atoms with van der Waals surface area (Å²) >= 11 is 0. The average molecular weight is 546 g/mol. The minimum Gasteiger partial charge on any atom is -0.496 e. The van der Waals surface area contributed by atoms with Gasteiger partial charge < -0.3 is 18.9 Å². The van der Waals surface area contributed by atoms with Gasteiger partial charge in [0.2, 0.25) is 0 Å². The molecule has 0 saturated carbocycles. The first kappa shape index (κ1) is 32.0. The third-order valence-corrected chi connectivity index (χ3v) is 9.65. The van der Waals surface area contributed by atoms with Crippen LogP contribution in [0, 0.1) is 22.7 Å². The molecule has 4 atom stereocenters. The quantitative estimate of drug-likeness (QED) is 0.249. The van der Waals surface area contributed by atoms with Crippen molar-refractivity contribution in [1.29, 1.82) is 0 Å². The highest BCUT2D eigenvalue weighted by molar-refractivity contribution is 7.45. The van der Waals surface area contributed by atoms with Crippen LogP contribution in [0.4, 0.5) is 0 Å². The molecule has 2 rings (SSSR count). The van der Waals surface area contributed by atoms with Gasteiger partial charge in [-0.1, -0.05) is 72.1 Å². The summed E-state index contributed by atoms with van der Waals surface area (Å²) in [4.78, 5) is 0. The van der Waals surface area contributed by atoms with Gasteiger partial charge in [0.05, 0.1) is 39.6 Å². The second-order valence-electron chi connectivity index (χ2n) is 12.9. The Morgan fingerprint density at radius 3 is 1.08 bits per heavy atom. The first-order valence-corrected chi connectivity index (χ1v) is 15.0. The fourth-order valence-electron chi connectivity index (χ4n) is 6.00. The molecule has 0 fully saturated rings. The van der Waals surface area contributed by atoms with Crippen LogP contribution in [-0.4, -0.2) is 28.4 Å².